The van der Waals surface area contributed by atoms with E-state index < -0.39 is 5.91 Å². The summed E-state index contributed by atoms with van der Waals surface area (Å²) >= 11 is 6.03. The minimum absolute atomic E-state index is 0.401. The Morgan fingerprint density at radius 1 is 1.30 bits per heavy atom. The number of nitrogens with two attached hydrogens (primary N) is 1. The number of halogens is 1. The van der Waals surface area contributed by atoms with Crippen LogP contribution in [0.4, 0.5) is 5.69 Å². The Hall–Kier alpha value is -1.30. The Morgan fingerprint density at radius 2 is 2.00 bits per heavy atom. The number of primary amides is 1. The summed E-state index contributed by atoms with van der Waals surface area (Å²) in [6, 6.07) is 5.81. The van der Waals surface area contributed by atoms with Crippen molar-refractivity contribution in [3.05, 3.63) is 28.8 Å². The van der Waals surface area contributed by atoms with Gasteiger partial charge in [-0.25, -0.2) is 0 Å². The lowest BCUT2D eigenvalue weighted by molar-refractivity contribution is 0.0999. The van der Waals surface area contributed by atoms with Crippen LogP contribution in [0.25, 0.3) is 0 Å². The molecular weight excluding hydrogens is 276 g/mol. The third-order valence-electron chi connectivity index (χ3n) is 4.10. The number of amides is 1. The van der Waals surface area contributed by atoms with Crippen LogP contribution in [0.5, 0.6) is 0 Å². The zero-order valence-electron chi connectivity index (χ0n) is 11.3. The number of carbonyl (C=O) groups excluding carboxylic acids is 1. The Bertz CT molecular complexity index is 510. The molecule has 0 unspecified atom stereocenters. The molecule has 0 spiro atoms. The maximum atomic E-state index is 11.5. The predicted molar refractivity (Wildman–Crippen MR) is 80.4 cm³/mol. The largest absolute Gasteiger partial charge is 0.368 e. The molecule has 2 heterocycles. The van der Waals surface area contributed by atoms with Crippen molar-refractivity contribution in [3.8, 4) is 0 Å². The van der Waals surface area contributed by atoms with Crippen molar-refractivity contribution in [1.29, 1.82) is 0 Å². The van der Waals surface area contributed by atoms with Gasteiger partial charge in [-0.05, 0) is 18.2 Å². The maximum Gasteiger partial charge on any atom is 0.250 e. The van der Waals surface area contributed by atoms with Crippen molar-refractivity contribution in [2.75, 3.05) is 44.2 Å². The molecule has 0 aromatic heterocycles. The number of hydrogen-bond acceptors (Lipinski definition) is 4. The Balaban J connectivity index is 1.70. The van der Waals surface area contributed by atoms with Gasteiger partial charge in [0.05, 0.1) is 11.3 Å². The first-order chi connectivity index (χ1) is 9.65. The topological polar surface area (TPSA) is 61.6 Å². The second-order valence-electron chi connectivity index (χ2n) is 5.37. The van der Waals surface area contributed by atoms with Crippen molar-refractivity contribution in [2.45, 2.75) is 6.04 Å². The van der Waals surface area contributed by atoms with E-state index >= 15 is 0 Å². The van der Waals surface area contributed by atoms with E-state index in [1.807, 2.05) is 6.07 Å². The van der Waals surface area contributed by atoms with Crippen molar-refractivity contribution >= 4 is 23.2 Å². The van der Waals surface area contributed by atoms with Gasteiger partial charge in [0.15, 0.2) is 0 Å². The molecule has 0 bridgehead atoms. The molecule has 1 aromatic carbocycles. The summed E-state index contributed by atoms with van der Waals surface area (Å²) in [4.78, 5) is 16.2. The van der Waals surface area contributed by atoms with Gasteiger partial charge in [-0.3, -0.25) is 9.69 Å². The molecule has 2 aliphatic heterocycles. The average Bonchev–Trinajstić information content (AvgIpc) is 2.38. The van der Waals surface area contributed by atoms with Gasteiger partial charge in [-0.1, -0.05) is 11.6 Å². The van der Waals surface area contributed by atoms with Crippen LogP contribution in [0.1, 0.15) is 10.4 Å². The first-order valence-corrected chi connectivity index (χ1v) is 7.32. The summed E-state index contributed by atoms with van der Waals surface area (Å²) in [5, 5.41) is 3.99. The van der Waals surface area contributed by atoms with E-state index in [-0.39, 0.29) is 0 Å². The molecule has 0 aliphatic carbocycles. The molecule has 2 saturated heterocycles. The van der Waals surface area contributed by atoms with Gasteiger partial charge in [0.2, 0.25) is 0 Å². The summed E-state index contributed by atoms with van der Waals surface area (Å²) in [5.41, 5.74) is 6.84. The van der Waals surface area contributed by atoms with Crippen LogP contribution in [0.3, 0.4) is 0 Å². The van der Waals surface area contributed by atoms with Crippen LogP contribution >= 0.6 is 11.6 Å². The predicted octanol–water partition coefficient (Wildman–Crippen LogP) is 0.533. The van der Waals surface area contributed by atoms with Crippen LogP contribution in [-0.4, -0.2) is 56.1 Å². The van der Waals surface area contributed by atoms with E-state index in [1.165, 1.54) is 0 Å². The average molecular weight is 295 g/mol. The van der Waals surface area contributed by atoms with Gasteiger partial charge in [-0.2, -0.15) is 0 Å². The summed E-state index contributed by atoms with van der Waals surface area (Å²) in [7, 11) is 0. The van der Waals surface area contributed by atoms with Crippen molar-refractivity contribution in [1.82, 2.24) is 10.2 Å². The van der Waals surface area contributed by atoms with Crippen LogP contribution in [0.2, 0.25) is 5.02 Å². The lowest BCUT2D eigenvalue weighted by Crippen LogP contribution is -2.63. The molecule has 0 saturated carbocycles. The molecule has 1 amide bonds. The molecule has 108 valence electrons. The number of benzene rings is 1. The second-order valence-corrected chi connectivity index (χ2v) is 5.81. The van der Waals surface area contributed by atoms with Gasteiger partial charge in [-0.15, -0.1) is 0 Å². The van der Waals surface area contributed by atoms with Gasteiger partial charge >= 0.3 is 0 Å². The smallest absolute Gasteiger partial charge is 0.250 e. The molecule has 1 aromatic rings. The van der Waals surface area contributed by atoms with Crippen molar-refractivity contribution in [2.24, 2.45) is 5.73 Å². The number of rotatable bonds is 3. The zero-order chi connectivity index (χ0) is 14.1. The fraction of sp³-hybridized carbons (Fsp3) is 0.500. The Kier molecular flexibility index (Phi) is 3.83. The number of hydrogen-bond donors (Lipinski definition) is 2. The first-order valence-electron chi connectivity index (χ1n) is 6.94. The van der Waals surface area contributed by atoms with Crippen LogP contribution in [0, 0.1) is 0 Å². The summed E-state index contributed by atoms with van der Waals surface area (Å²) in [6.07, 6.45) is 0. The molecule has 6 heteroatoms. The highest BCUT2D eigenvalue weighted by atomic mass is 35.5. The Morgan fingerprint density at radius 3 is 2.65 bits per heavy atom. The fourth-order valence-corrected chi connectivity index (χ4v) is 3.07. The first kappa shape index (κ1) is 13.7. The van der Waals surface area contributed by atoms with Gasteiger partial charge in [0.1, 0.15) is 0 Å². The molecular formula is C14H19ClN4O. The lowest BCUT2D eigenvalue weighted by atomic mass is 10.0. The molecule has 3 rings (SSSR count). The van der Waals surface area contributed by atoms with Crippen molar-refractivity contribution < 1.29 is 4.79 Å². The Labute approximate surface area is 123 Å². The highest BCUT2D eigenvalue weighted by molar-refractivity contribution is 6.31. The third-order valence-corrected chi connectivity index (χ3v) is 4.33. The van der Waals surface area contributed by atoms with E-state index in [9.17, 15) is 4.79 Å². The number of nitrogens with zero attached hydrogens (tertiary/aromatic N) is 2. The van der Waals surface area contributed by atoms with Crippen LogP contribution in [-0.2, 0) is 0 Å². The molecule has 0 radical (unpaired) electrons. The fourth-order valence-electron chi connectivity index (χ4n) is 2.91. The standard InChI is InChI=1S/C14H19ClN4O/c15-10-1-2-12(14(16)20)13(7-10)19-8-11(9-19)18-5-3-17-4-6-18/h1-2,7,11,17H,3-6,8-9H2,(H2,16,20). The third kappa shape index (κ3) is 2.61. The van der Waals surface area contributed by atoms with Gasteiger partial charge in [0, 0.05) is 50.3 Å². The number of carbonyl (C=O) groups is 1. The van der Waals surface area contributed by atoms with E-state index in [0.29, 0.717) is 16.6 Å². The summed E-state index contributed by atoms with van der Waals surface area (Å²) in [6.45, 7) is 6.16. The van der Waals surface area contributed by atoms with Crippen LogP contribution < -0.4 is 16.0 Å². The molecule has 0 atom stereocenters. The SMILES string of the molecule is NC(=O)c1ccc(Cl)cc1N1CC(N2CCNCC2)C1. The minimum atomic E-state index is -0.401. The number of piperazine rings is 1. The highest BCUT2D eigenvalue weighted by Crippen LogP contribution is 2.30. The van der Waals surface area contributed by atoms with Gasteiger partial charge < -0.3 is 16.0 Å². The van der Waals surface area contributed by atoms with E-state index in [4.69, 9.17) is 17.3 Å². The second kappa shape index (κ2) is 5.60. The normalized spacial score (nSPS) is 20.8. The maximum absolute atomic E-state index is 11.5. The lowest BCUT2D eigenvalue weighted by Gasteiger charge is -2.48. The monoisotopic (exact) mass is 294 g/mol. The quantitative estimate of drug-likeness (QED) is 0.854. The number of anilines is 1. The molecule has 2 fully saturated rings. The van der Waals surface area contributed by atoms with E-state index in [2.05, 4.69) is 15.1 Å². The van der Waals surface area contributed by atoms with E-state index in [0.717, 1.165) is 45.0 Å². The molecule has 20 heavy (non-hydrogen) atoms. The minimum Gasteiger partial charge on any atom is -0.368 e. The van der Waals surface area contributed by atoms with E-state index in [1.54, 1.807) is 12.1 Å². The van der Waals surface area contributed by atoms with Crippen LogP contribution in [0.15, 0.2) is 18.2 Å². The van der Waals surface area contributed by atoms with Gasteiger partial charge in [0.25, 0.3) is 5.91 Å². The summed E-state index contributed by atoms with van der Waals surface area (Å²) < 4.78 is 0. The summed E-state index contributed by atoms with van der Waals surface area (Å²) in [5.74, 6) is -0.401. The van der Waals surface area contributed by atoms with Crippen molar-refractivity contribution in [3.63, 3.8) is 0 Å². The zero-order valence-corrected chi connectivity index (χ0v) is 12.1. The molecule has 5 nitrogen and oxygen atoms in total. The molecule has 2 aliphatic rings. The number of nitrogens with one attached hydrogen (secondary N) is 1. The molecule has 3 N–H and O–H groups in total. The highest BCUT2D eigenvalue weighted by Gasteiger charge is 2.33.